The SMILES string of the molecule is C[C@H](CC/C=C/C(=O)O)[C@@H](OC(=O)Nc1ccccc1)c1cc(Br)cc(Br)c1O. The van der Waals surface area contributed by atoms with Crippen LogP contribution in [0.15, 0.2) is 63.6 Å². The number of benzene rings is 2. The first kappa shape index (κ1) is 23.0. The zero-order chi connectivity index (χ0) is 21.4. The summed E-state index contributed by atoms with van der Waals surface area (Å²) in [5.41, 5.74) is 1.04. The molecule has 2 aromatic rings. The van der Waals surface area contributed by atoms with Crippen LogP contribution < -0.4 is 5.32 Å². The molecule has 29 heavy (non-hydrogen) atoms. The zero-order valence-corrected chi connectivity index (χ0v) is 18.8. The van der Waals surface area contributed by atoms with Gasteiger partial charge in [-0.25, -0.2) is 9.59 Å². The Labute approximate surface area is 185 Å². The number of carboxylic acids is 1. The number of carbonyl (C=O) groups excluding carboxylic acids is 1. The van der Waals surface area contributed by atoms with Crippen LogP contribution in [0, 0.1) is 5.92 Å². The number of para-hydroxylation sites is 1. The van der Waals surface area contributed by atoms with E-state index in [1.54, 1.807) is 42.5 Å². The predicted octanol–water partition coefficient (Wildman–Crippen LogP) is 6.26. The summed E-state index contributed by atoms with van der Waals surface area (Å²) in [5.74, 6) is -1.22. The Balaban J connectivity index is 2.23. The third-order valence-corrected chi connectivity index (χ3v) is 5.25. The maximum Gasteiger partial charge on any atom is 0.412 e. The van der Waals surface area contributed by atoms with Crippen LogP contribution >= 0.6 is 31.9 Å². The van der Waals surface area contributed by atoms with E-state index in [0.29, 0.717) is 33.0 Å². The number of hydrogen-bond acceptors (Lipinski definition) is 4. The smallest absolute Gasteiger partial charge is 0.412 e. The number of anilines is 1. The average Bonchev–Trinajstić information content (AvgIpc) is 2.67. The van der Waals surface area contributed by atoms with Gasteiger partial charge in [-0.05, 0) is 59.0 Å². The van der Waals surface area contributed by atoms with Crippen molar-refractivity contribution < 1.29 is 24.5 Å². The lowest BCUT2D eigenvalue weighted by atomic mass is 9.92. The molecule has 0 spiro atoms. The molecule has 154 valence electrons. The third kappa shape index (κ3) is 7.21. The lowest BCUT2D eigenvalue weighted by Crippen LogP contribution is -2.22. The number of nitrogens with one attached hydrogen (secondary N) is 1. The van der Waals surface area contributed by atoms with Crippen molar-refractivity contribution in [1.82, 2.24) is 0 Å². The third-order valence-electron chi connectivity index (χ3n) is 4.18. The molecule has 0 aliphatic rings. The minimum absolute atomic E-state index is 0.0151. The monoisotopic (exact) mass is 525 g/mol. The van der Waals surface area contributed by atoms with E-state index < -0.39 is 18.2 Å². The highest BCUT2D eigenvalue weighted by Crippen LogP contribution is 2.40. The van der Waals surface area contributed by atoms with Gasteiger partial charge in [0.2, 0.25) is 0 Å². The molecule has 2 rings (SSSR count). The van der Waals surface area contributed by atoms with Crippen LogP contribution in [0.1, 0.15) is 31.4 Å². The van der Waals surface area contributed by atoms with Crippen LogP contribution in [-0.4, -0.2) is 22.3 Å². The molecule has 0 fully saturated rings. The summed E-state index contributed by atoms with van der Waals surface area (Å²) >= 11 is 6.69. The maximum absolute atomic E-state index is 12.5. The van der Waals surface area contributed by atoms with Crippen LogP contribution in [0.4, 0.5) is 10.5 Å². The van der Waals surface area contributed by atoms with Crippen molar-refractivity contribution in [2.24, 2.45) is 5.92 Å². The summed E-state index contributed by atoms with van der Waals surface area (Å²) < 4.78 is 6.86. The van der Waals surface area contributed by atoms with Gasteiger partial charge in [-0.2, -0.15) is 0 Å². The van der Waals surface area contributed by atoms with E-state index in [9.17, 15) is 14.7 Å². The molecule has 2 atom stereocenters. The van der Waals surface area contributed by atoms with Crippen molar-refractivity contribution >= 4 is 49.6 Å². The largest absolute Gasteiger partial charge is 0.506 e. The summed E-state index contributed by atoms with van der Waals surface area (Å²) in [6.45, 7) is 1.88. The molecule has 2 aromatic carbocycles. The van der Waals surface area contributed by atoms with Crippen molar-refractivity contribution in [2.75, 3.05) is 5.32 Å². The molecular weight excluding hydrogens is 506 g/mol. The summed E-state index contributed by atoms with van der Waals surface area (Å²) in [7, 11) is 0. The summed E-state index contributed by atoms with van der Waals surface area (Å²) in [6.07, 6.45) is 2.28. The number of halogens is 2. The number of rotatable bonds is 8. The summed E-state index contributed by atoms with van der Waals surface area (Å²) in [4.78, 5) is 23.1. The molecule has 0 heterocycles. The van der Waals surface area contributed by atoms with E-state index in [4.69, 9.17) is 9.84 Å². The average molecular weight is 527 g/mol. The van der Waals surface area contributed by atoms with Crippen LogP contribution in [0.25, 0.3) is 0 Å². The number of phenolic OH excluding ortho intramolecular Hbond substituents is 1. The molecule has 0 unspecified atom stereocenters. The molecule has 6 nitrogen and oxygen atoms in total. The van der Waals surface area contributed by atoms with Crippen LogP contribution in [0.5, 0.6) is 5.75 Å². The van der Waals surface area contributed by atoms with E-state index in [0.717, 1.165) is 6.08 Å². The molecule has 0 radical (unpaired) electrons. The number of ether oxygens (including phenoxy) is 1. The Morgan fingerprint density at radius 2 is 1.90 bits per heavy atom. The van der Waals surface area contributed by atoms with Crippen molar-refractivity contribution in [1.29, 1.82) is 0 Å². The van der Waals surface area contributed by atoms with Gasteiger partial charge in [-0.3, -0.25) is 5.32 Å². The number of aromatic hydroxyl groups is 1. The van der Waals surface area contributed by atoms with Gasteiger partial charge in [0.15, 0.2) is 0 Å². The summed E-state index contributed by atoms with van der Waals surface area (Å²) in [6, 6.07) is 12.3. The van der Waals surface area contributed by atoms with Crippen molar-refractivity contribution in [3.05, 3.63) is 69.1 Å². The Morgan fingerprint density at radius 3 is 2.55 bits per heavy atom. The van der Waals surface area contributed by atoms with Gasteiger partial charge in [0.05, 0.1) is 4.47 Å². The normalized spacial score (nSPS) is 13.1. The predicted molar refractivity (Wildman–Crippen MR) is 118 cm³/mol. The molecule has 3 N–H and O–H groups in total. The van der Waals surface area contributed by atoms with Gasteiger partial charge in [-0.15, -0.1) is 0 Å². The van der Waals surface area contributed by atoms with E-state index >= 15 is 0 Å². The fourth-order valence-corrected chi connectivity index (χ4v) is 4.03. The fourth-order valence-electron chi connectivity index (χ4n) is 2.77. The van der Waals surface area contributed by atoms with Crippen LogP contribution in [-0.2, 0) is 9.53 Å². The highest BCUT2D eigenvalue weighted by Gasteiger charge is 2.27. The number of allylic oxidation sites excluding steroid dienone is 1. The van der Waals surface area contributed by atoms with E-state index in [2.05, 4.69) is 37.2 Å². The quantitative estimate of drug-likeness (QED) is 0.352. The minimum atomic E-state index is -1.01. The number of phenols is 1. The first-order valence-electron chi connectivity index (χ1n) is 8.88. The second-order valence-corrected chi connectivity index (χ2v) is 8.21. The second-order valence-electron chi connectivity index (χ2n) is 6.44. The van der Waals surface area contributed by atoms with Crippen molar-refractivity contribution in [3.63, 3.8) is 0 Å². The molecule has 0 aliphatic carbocycles. The Bertz CT molecular complexity index is 886. The Morgan fingerprint density at radius 1 is 1.21 bits per heavy atom. The topological polar surface area (TPSA) is 95.9 Å². The highest BCUT2D eigenvalue weighted by molar-refractivity contribution is 9.11. The van der Waals surface area contributed by atoms with Gasteiger partial charge < -0.3 is 14.9 Å². The van der Waals surface area contributed by atoms with Gasteiger partial charge >= 0.3 is 12.1 Å². The van der Waals surface area contributed by atoms with Gasteiger partial charge in [0.25, 0.3) is 0 Å². The molecule has 0 aromatic heterocycles. The lowest BCUT2D eigenvalue weighted by molar-refractivity contribution is -0.131. The molecular formula is C21H21Br2NO5. The van der Waals surface area contributed by atoms with Gasteiger partial charge in [0, 0.05) is 21.8 Å². The minimum Gasteiger partial charge on any atom is -0.506 e. The fraction of sp³-hybridized carbons (Fsp3) is 0.238. The molecule has 0 saturated carbocycles. The zero-order valence-electron chi connectivity index (χ0n) is 15.6. The first-order chi connectivity index (χ1) is 13.8. The summed E-state index contributed by atoms with van der Waals surface area (Å²) in [5, 5.41) is 21.9. The highest BCUT2D eigenvalue weighted by atomic mass is 79.9. The Hall–Kier alpha value is -2.32. The maximum atomic E-state index is 12.5. The molecule has 0 bridgehead atoms. The molecule has 0 aliphatic heterocycles. The van der Waals surface area contributed by atoms with Gasteiger partial charge in [-0.1, -0.05) is 47.1 Å². The molecule has 8 heteroatoms. The second kappa shape index (κ2) is 11.0. The number of hydrogen-bond donors (Lipinski definition) is 3. The number of aliphatic carboxylic acids is 1. The number of amides is 1. The number of carbonyl (C=O) groups is 2. The standard InChI is InChI=1S/C21H21Br2NO5/c1-13(7-5-6-10-18(25)26)20(16-11-14(22)12-17(23)19(16)27)29-21(28)24-15-8-3-2-4-9-15/h2-4,6,8-13,20,27H,5,7H2,1H3,(H,24,28)(H,25,26)/b10-6+/t13-,20-/m1/s1. The number of carboxylic acid groups (broad SMARTS) is 1. The van der Waals surface area contributed by atoms with Crippen LogP contribution in [0.2, 0.25) is 0 Å². The molecule has 0 saturated heterocycles. The van der Waals surface area contributed by atoms with Crippen LogP contribution in [0.3, 0.4) is 0 Å². The van der Waals surface area contributed by atoms with Gasteiger partial charge in [0.1, 0.15) is 11.9 Å². The van der Waals surface area contributed by atoms with E-state index in [-0.39, 0.29) is 11.7 Å². The Kier molecular flexibility index (Phi) is 8.72. The van der Waals surface area contributed by atoms with Crippen molar-refractivity contribution in [2.45, 2.75) is 25.9 Å². The van der Waals surface area contributed by atoms with Crippen molar-refractivity contribution in [3.8, 4) is 5.75 Å². The van der Waals surface area contributed by atoms with E-state index in [1.807, 2.05) is 13.0 Å². The first-order valence-corrected chi connectivity index (χ1v) is 10.5. The lowest BCUT2D eigenvalue weighted by Gasteiger charge is -2.26. The van der Waals surface area contributed by atoms with E-state index in [1.165, 1.54) is 0 Å². The molecule has 1 amide bonds.